The van der Waals surface area contributed by atoms with E-state index in [1.807, 2.05) is 25.1 Å². The molecule has 1 aliphatic rings. The summed E-state index contributed by atoms with van der Waals surface area (Å²) in [6.07, 6.45) is 0.771. The number of aryl methyl sites for hydroxylation is 1. The number of esters is 1. The van der Waals surface area contributed by atoms with E-state index in [0.717, 1.165) is 11.1 Å². The van der Waals surface area contributed by atoms with Crippen LogP contribution in [0.5, 0.6) is 0 Å². The van der Waals surface area contributed by atoms with E-state index in [1.165, 1.54) is 0 Å². The lowest BCUT2D eigenvalue weighted by molar-refractivity contribution is -0.153. The minimum Gasteiger partial charge on any atom is -0.451 e. The average molecular weight is 232 g/mol. The Morgan fingerprint density at radius 3 is 2.82 bits per heavy atom. The molecule has 0 aromatic heterocycles. The molecular weight excluding hydrogens is 216 g/mol. The highest BCUT2D eigenvalue weighted by molar-refractivity contribution is 6.07. The Labute approximate surface area is 101 Å². The van der Waals surface area contributed by atoms with Gasteiger partial charge >= 0.3 is 5.97 Å². The summed E-state index contributed by atoms with van der Waals surface area (Å²) in [4.78, 5) is 23.6. The first-order valence-electron chi connectivity index (χ1n) is 5.82. The first-order valence-corrected chi connectivity index (χ1v) is 5.82. The van der Waals surface area contributed by atoms with Crippen molar-refractivity contribution in [3.8, 4) is 0 Å². The molecule has 17 heavy (non-hydrogen) atoms. The fourth-order valence-corrected chi connectivity index (χ4v) is 2.22. The molecule has 1 aromatic rings. The Kier molecular flexibility index (Phi) is 2.77. The van der Waals surface area contributed by atoms with Crippen LogP contribution in [0.1, 0.15) is 41.8 Å². The molecular formula is C14H16O3. The van der Waals surface area contributed by atoms with Crippen molar-refractivity contribution in [2.24, 2.45) is 0 Å². The van der Waals surface area contributed by atoms with Gasteiger partial charge in [-0.2, -0.15) is 0 Å². The number of carbonyl (C=O) groups excluding carboxylic acids is 2. The Morgan fingerprint density at radius 1 is 1.47 bits per heavy atom. The molecule has 0 spiro atoms. The van der Waals surface area contributed by atoms with Gasteiger partial charge in [0.1, 0.15) is 0 Å². The summed E-state index contributed by atoms with van der Waals surface area (Å²) in [6.45, 7) is 5.40. The molecule has 1 aromatic carbocycles. The van der Waals surface area contributed by atoms with Crippen LogP contribution in [0.15, 0.2) is 18.2 Å². The summed E-state index contributed by atoms with van der Waals surface area (Å²) >= 11 is 0. The van der Waals surface area contributed by atoms with E-state index in [4.69, 9.17) is 4.74 Å². The summed E-state index contributed by atoms with van der Waals surface area (Å²) in [5.74, 6) is -0.417. The van der Waals surface area contributed by atoms with Crippen molar-refractivity contribution in [2.75, 3.05) is 0 Å². The molecule has 1 aliphatic carbocycles. The maximum Gasteiger partial charge on any atom is 0.306 e. The molecule has 3 heteroatoms. The normalized spacial score (nSPS) is 22.4. The Bertz CT molecular complexity index is 490. The number of hydrogen-bond acceptors (Lipinski definition) is 3. The second-order valence-corrected chi connectivity index (χ2v) is 4.72. The maximum absolute atomic E-state index is 12.2. The molecule has 0 N–H and O–H groups in total. The molecule has 0 saturated carbocycles. The van der Waals surface area contributed by atoms with Crippen molar-refractivity contribution in [1.82, 2.24) is 0 Å². The number of Topliss-reactive ketones (excluding diaryl/α,β-unsaturated/α-hetero) is 1. The molecule has 0 amide bonds. The van der Waals surface area contributed by atoms with Crippen molar-refractivity contribution < 1.29 is 14.3 Å². The highest BCUT2D eigenvalue weighted by Crippen LogP contribution is 2.33. The largest absolute Gasteiger partial charge is 0.451 e. The summed E-state index contributed by atoms with van der Waals surface area (Å²) in [5, 5.41) is 0. The zero-order valence-corrected chi connectivity index (χ0v) is 10.4. The first kappa shape index (κ1) is 11.8. The Hall–Kier alpha value is -1.64. The molecule has 1 atom stereocenters. The van der Waals surface area contributed by atoms with Crippen LogP contribution in [0.2, 0.25) is 0 Å². The minimum atomic E-state index is -1.01. The number of carbonyl (C=O) groups is 2. The van der Waals surface area contributed by atoms with Crippen molar-refractivity contribution >= 4 is 11.8 Å². The lowest BCUT2D eigenvalue weighted by Crippen LogP contribution is -2.37. The molecule has 0 aliphatic heterocycles. The fraction of sp³-hybridized carbons (Fsp3) is 0.429. The van der Waals surface area contributed by atoms with Gasteiger partial charge in [0, 0.05) is 18.4 Å². The van der Waals surface area contributed by atoms with Crippen molar-refractivity contribution in [1.29, 1.82) is 0 Å². The molecule has 2 rings (SSSR count). The number of hydrogen-bond donors (Lipinski definition) is 0. The van der Waals surface area contributed by atoms with Gasteiger partial charge in [-0.3, -0.25) is 9.59 Å². The van der Waals surface area contributed by atoms with Gasteiger partial charge < -0.3 is 4.74 Å². The van der Waals surface area contributed by atoms with Crippen LogP contribution >= 0.6 is 0 Å². The molecule has 0 fully saturated rings. The zero-order chi connectivity index (χ0) is 12.6. The summed E-state index contributed by atoms with van der Waals surface area (Å²) in [5.41, 5.74) is 1.76. The summed E-state index contributed by atoms with van der Waals surface area (Å²) in [6, 6.07) is 5.71. The molecule has 0 bridgehead atoms. The van der Waals surface area contributed by atoms with Gasteiger partial charge in [0.25, 0.3) is 0 Å². The molecule has 3 nitrogen and oxygen atoms in total. The summed E-state index contributed by atoms with van der Waals surface area (Å²) < 4.78 is 5.29. The predicted molar refractivity (Wildman–Crippen MR) is 64.0 cm³/mol. The van der Waals surface area contributed by atoms with Gasteiger partial charge in [0.05, 0.1) is 0 Å². The van der Waals surface area contributed by atoms with E-state index >= 15 is 0 Å². The topological polar surface area (TPSA) is 43.4 Å². The van der Waals surface area contributed by atoms with Crippen LogP contribution in [-0.2, 0) is 16.0 Å². The van der Waals surface area contributed by atoms with Crippen molar-refractivity contribution in [3.63, 3.8) is 0 Å². The van der Waals surface area contributed by atoms with Crippen LogP contribution in [0, 0.1) is 6.92 Å². The fourth-order valence-electron chi connectivity index (χ4n) is 2.22. The lowest BCUT2D eigenvalue weighted by Gasteiger charge is -2.22. The van der Waals surface area contributed by atoms with Gasteiger partial charge in [-0.15, -0.1) is 0 Å². The van der Waals surface area contributed by atoms with Crippen LogP contribution in [0.3, 0.4) is 0 Å². The van der Waals surface area contributed by atoms with Gasteiger partial charge in [0.2, 0.25) is 5.78 Å². The third-order valence-electron chi connectivity index (χ3n) is 3.14. The monoisotopic (exact) mass is 232 g/mol. The van der Waals surface area contributed by atoms with Crippen molar-refractivity contribution in [2.45, 2.75) is 39.2 Å². The number of ether oxygens (including phenoxy) is 1. The highest BCUT2D eigenvalue weighted by atomic mass is 16.6. The van der Waals surface area contributed by atoms with E-state index in [0.29, 0.717) is 12.0 Å². The molecule has 0 saturated heterocycles. The van der Waals surface area contributed by atoms with Crippen LogP contribution < -0.4 is 0 Å². The van der Waals surface area contributed by atoms with E-state index in [-0.39, 0.29) is 18.2 Å². The third kappa shape index (κ3) is 1.97. The van der Waals surface area contributed by atoms with Crippen molar-refractivity contribution in [3.05, 3.63) is 34.9 Å². The molecule has 1 unspecified atom stereocenters. The summed E-state index contributed by atoms with van der Waals surface area (Å²) in [7, 11) is 0. The maximum atomic E-state index is 12.2. The smallest absolute Gasteiger partial charge is 0.306 e. The van der Waals surface area contributed by atoms with Gasteiger partial charge in [-0.1, -0.05) is 30.7 Å². The van der Waals surface area contributed by atoms with Gasteiger partial charge in [-0.05, 0) is 19.4 Å². The Morgan fingerprint density at radius 2 is 2.18 bits per heavy atom. The second-order valence-electron chi connectivity index (χ2n) is 4.72. The lowest BCUT2D eigenvalue weighted by atomic mass is 10.0. The Balaban J connectivity index is 2.33. The quantitative estimate of drug-likeness (QED) is 0.735. The van der Waals surface area contributed by atoms with Gasteiger partial charge in [0.15, 0.2) is 5.60 Å². The number of rotatable bonds is 2. The van der Waals surface area contributed by atoms with E-state index in [9.17, 15) is 9.59 Å². The standard InChI is InChI=1S/C14H16O3/c1-4-12(15)17-14(3)8-10-7-9(2)5-6-11(10)13(14)16/h5-7H,4,8H2,1-3H3. The molecule has 0 radical (unpaired) electrons. The highest BCUT2D eigenvalue weighted by Gasteiger charge is 2.44. The van der Waals surface area contributed by atoms with Crippen LogP contribution in [-0.4, -0.2) is 17.4 Å². The molecule has 90 valence electrons. The van der Waals surface area contributed by atoms with Crippen LogP contribution in [0.4, 0.5) is 0 Å². The van der Waals surface area contributed by atoms with E-state index in [1.54, 1.807) is 13.8 Å². The van der Waals surface area contributed by atoms with Gasteiger partial charge in [-0.25, -0.2) is 0 Å². The first-order chi connectivity index (χ1) is 7.96. The number of ketones is 1. The SMILES string of the molecule is CCC(=O)OC1(C)Cc2cc(C)ccc2C1=O. The zero-order valence-electron chi connectivity index (χ0n) is 10.4. The van der Waals surface area contributed by atoms with Crippen LogP contribution in [0.25, 0.3) is 0 Å². The minimum absolute atomic E-state index is 0.0886. The van der Waals surface area contributed by atoms with E-state index in [2.05, 4.69) is 0 Å². The molecule has 0 heterocycles. The number of benzene rings is 1. The third-order valence-corrected chi connectivity index (χ3v) is 3.14. The average Bonchev–Trinajstić information content (AvgIpc) is 2.50. The number of fused-ring (bicyclic) bond motifs is 1. The second kappa shape index (κ2) is 3.99. The van der Waals surface area contributed by atoms with E-state index < -0.39 is 5.60 Å². The predicted octanol–water partition coefficient (Wildman–Crippen LogP) is 2.45.